The van der Waals surface area contributed by atoms with Crippen LogP contribution in [-0.2, 0) is 0 Å². The van der Waals surface area contributed by atoms with Crippen molar-refractivity contribution >= 4 is 0 Å². The third-order valence-electron chi connectivity index (χ3n) is 4.03. The maximum atomic E-state index is 5.93. The molecule has 0 bridgehead atoms. The number of nitrogens with two attached hydrogens (primary N) is 1. The summed E-state index contributed by atoms with van der Waals surface area (Å²) in [5.41, 5.74) is 6.23. The van der Waals surface area contributed by atoms with Crippen molar-refractivity contribution in [2.45, 2.75) is 47.1 Å². The van der Waals surface area contributed by atoms with Crippen molar-refractivity contribution in [1.29, 1.82) is 0 Å². The van der Waals surface area contributed by atoms with E-state index in [1.54, 1.807) is 0 Å². The molecule has 15 heavy (non-hydrogen) atoms. The van der Waals surface area contributed by atoms with E-state index in [2.05, 4.69) is 39.5 Å². The first-order valence-electron chi connectivity index (χ1n) is 6.30. The molecule has 0 spiro atoms. The summed E-state index contributed by atoms with van der Waals surface area (Å²) in [4.78, 5) is 2.60. The largest absolute Gasteiger partial charge is 0.329 e. The average Bonchev–Trinajstić information content (AvgIpc) is 2.10. The molecule has 1 aliphatic rings. The van der Waals surface area contributed by atoms with E-state index < -0.39 is 0 Å². The highest BCUT2D eigenvalue weighted by Crippen LogP contribution is 2.30. The second-order valence-corrected chi connectivity index (χ2v) is 6.36. The molecule has 1 aliphatic heterocycles. The molecule has 0 amide bonds. The minimum atomic E-state index is 0.301. The zero-order valence-corrected chi connectivity index (χ0v) is 11.1. The molecule has 3 atom stereocenters. The van der Waals surface area contributed by atoms with Crippen LogP contribution in [0, 0.1) is 17.3 Å². The summed E-state index contributed by atoms with van der Waals surface area (Å²) in [7, 11) is 0. The van der Waals surface area contributed by atoms with E-state index in [1.807, 2.05) is 0 Å². The van der Waals surface area contributed by atoms with Crippen LogP contribution < -0.4 is 5.73 Å². The third-order valence-corrected chi connectivity index (χ3v) is 4.03. The Morgan fingerprint density at radius 2 is 1.87 bits per heavy atom. The number of piperidine rings is 1. The lowest BCUT2D eigenvalue weighted by molar-refractivity contribution is 0.0456. The molecule has 2 N–H and O–H groups in total. The predicted octanol–water partition coefficient (Wildman–Crippen LogP) is 2.34. The fraction of sp³-hybridized carbons (Fsp3) is 1.00. The second kappa shape index (κ2) is 4.84. The summed E-state index contributed by atoms with van der Waals surface area (Å²) in [5, 5.41) is 0. The average molecular weight is 212 g/mol. The van der Waals surface area contributed by atoms with Gasteiger partial charge in [0.2, 0.25) is 0 Å². The summed E-state index contributed by atoms with van der Waals surface area (Å²) in [5.74, 6) is 1.69. The number of rotatable bonds is 2. The highest BCUT2D eigenvalue weighted by molar-refractivity contribution is 4.87. The van der Waals surface area contributed by atoms with Crippen LogP contribution in [0.1, 0.15) is 41.0 Å². The Kier molecular flexibility index (Phi) is 4.19. The van der Waals surface area contributed by atoms with Gasteiger partial charge in [-0.05, 0) is 30.2 Å². The van der Waals surface area contributed by atoms with Gasteiger partial charge in [-0.15, -0.1) is 0 Å². The van der Waals surface area contributed by atoms with Gasteiger partial charge in [0.15, 0.2) is 0 Å². The first-order chi connectivity index (χ1) is 6.86. The number of likely N-dealkylation sites (tertiary alicyclic amines) is 1. The Hall–Kier alpha value is -0.0800. The number of hydrogen-bond donors (Lipinski definition) is 1. The molecule has 0 saturated carbocycles. The summed E-state index contributed by atoms with van der Waals surface area (Å²) in [6, 6.07) is 0.535. The Bertz CT molecular complexity index is 195. The normalized spacial score (nSPS) is 31.6. The van der Waals surface area contributed by atoms with Crippen molar-refractivity contribution < 1.29 is 0 Å². The van der Waals surface area contributed by atoms with Gasteiger partial charge >= 0.3 is 0 Å². The van der Waals surface area contributed by atoms with Crippen molar-refractivity contribution in [3.63, 3.8) is 0 Å². The summed E-state index contributed by atoms with van der Waals surface area (Å²) >= 11 is 0. The van der Waals surface area contributed by atoms with Gasteiger partial charge in [-0.3, -0.25) is 4.90 Å². The molecule has 0 aromatic carbocycles. The van der Waals surface area contributed by atoms with Gasteiger partial charge in [-0.2, -0.15) is 0 Å². The van der Waals surface area contributed by atoms with Crippen molar-refractivity contribution in [1.82, 2.24) is 4.90 Å². The van der Waals surface area contributed by atoms with Crippen LogP contribution in [-0.4, -0.2) is 30.6 Å². The van der Waals surface area contributed by atoms with Crippen LogP contribution in [0.25, 0.3) is 0 Å². The molecule has 1 rings (SSSR count). The van der Waals surface area contributed by atoms with Crippen LogP contribution in [0.5, 0.6) is 0 Å². The first-order valence-corrected chi connectivity index (χ1v) is 6.30. The molecular weight excluding hydrogens is 184 g/mol. The first kappa shape index (κ1) is 13.0. The summed E-state index contributed by atoms with van der Waals surface area (Å²) < 4.78 is 0. The highest BCUT2D eigenvalue weighted by Gasteiger charge is 2.33. The molecule has 90 valence electrons. The summed E-state index contributed by atoms with van der Waals surface area (Å²) in [6.07, 6.45) is 1.33. The molecule has 0 radical (unpaired) electrons. The topological polar surface area (TPSA) is 29.3 Å². The monoisotopic (exact) mass is 212 g/mol. The lowest BCUT2D eigenvalue weighted by atomic mass is 9.81. The van der Waals surface area contributed by atoms with Gasteiger partial charge in [0.1, 0.15) is 0 Å². The fourth-order valence-electron chi connectivity index (χ4n) is 2.63. The van der Waals surface area contributed by atoms with Gasteiger partial charge in [0.25, 0.3) is 0 Å². The van der Waals surface area contributed by atoms with Crippen LogP contribution in [0.4, 0.5) is 0 Å². The lowest BCUT2D eigenvalue weighted by Crippen LogP contribution is -2.53. The van der Waals surface area contributed by atoms with Gasteiger partial charge < -0.3 is 5.73 Å². The minimum absolute atomic E-state index is 0.301. The lowest BCUT2D eigenvalue weighted by Gasteiger charge is -2.45. The predicted molar refractivity (Wildman–Crippen MR) is 66.8 cm³/mol. The van der Waals surface area contributed by atoms with Crippen LogP contribution in [0.3, 0.4) is 0 Å². The molecule has 1 heterocycles. The Labute approximate surface area is 95.2 Å². The maximum absolute atomic E-state index is 5.93. The van der Waals surface area contributed by atoms with E-state index in [-0.39, 0.29) is 0 Å². The molecule has 2 nitrogen and oxygen atoms in total. The molecule has 0 aromatic rings. The van der Waals surface area contributed by atoms with Crippen molar-refractivity contribution in [3.8, 4) is 0 Å². The van der Waals surface area contributed by atoms with Crippen LogP contribution >= 0.6 is 0 Å². The van der Waals surface area contributed by atoms with Gasteiger partial charge in [0.05, 0.1) is 0 Å². The Morgan fingerprint density at radius 1 is 1.27 bits per heavy atom. The van der Waals surface area contributed by atoms with Crippen LogP contribution in [0.15, 0.2) is 0 Å². The molecule has 1 fully saturated rings. The SMILES string of the molecule is CC1CCN(C(CN)C(C)(C)C)CC1C. The zero-order chi connectivity index (χ0) is 11.6. The molecule has 0 aromatic heterocycles. The van der Waals surface area contributed by atoms with Crippen molar-refractivity contribution in [3.05, 3.63) is 0 Å². The molecule has 2 heteroatoms. The van der Waals surface area contributed by atoms with E-state index >= 15 is 0 Å². The second-order valence-electron chi connectivity index (χ2n) is 6.36. The van der Waals surface area contributed by atoms with Gasteiger partial charge in [0, 0.05) is 19.1 Å². The smallest absolute Gasteiger partial charge is 0.0266 e. The van der Waals surface area contributed by atoms with Crippen molar-refractivity contribution in [2.24, 2.45) is 23.0 Å². The third kappa shape index (κ3) is 3.18. The van der Waals surface area contributed by atoms with Crippen LogP contribution in [0.2, 0.25) is 0 Å². The van der Waals surface area contributed by atoms with Gasteiger partial charge in [-0.1, -0.05) is 34.6 Å². The Balaban J connectivity index is 2.63. The number of nitrogens with zero attached hydrogens (tertiary/aromatic N) is 1. The van der Waals surface area contributed by atoms with E-state index in [4.69, 9.17) is 5.73 Å². The zero-order valence-electron chi connectivity index (χ0n) is 11.1. The van der Waals surface area contributed by atoms with E-state index in [1.165, 1.54) is 19.5 Å². The summed E-state index contributed by atoms with van der Waals surface area (Å²) in [6.45, 7) is 14.9. The quantitative estimate of drug-likeness (QED) is 0.761. The minimum Gasteiger partial charge on any atom is -0.329 e. The number of hydrogen-bond acceptors (Lipinski definition) is 2. The molecule has 1 saturated heterocycles. The standard InChI is InChI=1S/C13H28N2/c1-10-6-7-15(9-11(10)2)12(8-14)13(3,4)5/h10-12H,6-9,14H2,1-5H3. The van der Waals surface area contributed by atoms with Gasteiger partial charge in [-0.25, -0.2) is 0 Å². The van der Waals surface area contributed by atoms with E-state index in [0.29, 0.717) is 11.5 Å². The molecule has 0 aliphatic carbocycles. The molecule has 3 unspecified atom stereocenters. The van der Waals surface area contributed by atoms with E-state index in [9.17, 15) is 0 Å². The van der Waals surface area contributed by atoms with Crippen molar-refractivity contribution in [2.75, 3.05) is 19.6 Å². The van der Waals surface area contributed by atoms with E-state index in [0.717, 1.165) is 18.4 Å². The Morgan fingerprint density at radius 3 is 2.27 bits per heavy atom. The maximum Gasteiger partial charge on any atom is 0.0266 e. The fourth-order valence-corrected chi connectivity index (χ4v) is 2.63. The molecular formula is C13H28N2. The highest BCUT2D eigenvalue weighted by atomic mass is 15.2.